The summed E-state index contributed by atoms with van der Waals surface area (Å²) in [6.45, 7) is 7.64. The number of nitrogens with zero attached hydrogens (tertiary/aromatic N) is 2. The van der Waals surface area contributed by atoms with Gasteiger partial charge in [-0.3, -0.25) is 14.9 Å². The molecule has 0 bridgehead atoms. The van der Waals surface area contributed by atoms with Crippen molar-refractivity contribution < 1.29 is 9.59 Å². The summed E-state index contributed by atoms with van der Waals surface area (Å²) in [5, 5.41) is 14.5. The van der Waals surface area contributed by atoms with Crippen molar-refractivity contribution in [1.29, 1.82) is 0 Å². The number of benzene rings is 1. The molecule has 1 aromatic heterocycles. The molecule has 0 aliphatic carbocycles. The average molecular weight is 425 g/mol. The van der Waals surface area contributed by atoms with Crippen LogP contribution in [-0.4, -0.2) is 33.8 Å². The average Bonchev–Trinajstić information content (AvgIpc) is 3.06. The van der Waals surface area contributed by atoms with Gasteiger partial charge in [0.25, 0.3) is 5.91 Å². The van der Waals surface area contributed by atoms with Crippen molar-refractivity contribution in [3.8, 4) is 0 Å². The van der Waals surface area contributed by atoms with Gasteiger partial charge in [-0.1, -0.05) is 54.6 Å². The second-order valence-electron chi connectivity index (χ2n) is 6.12. The molecular weight excluding hydrogens is 404 g/mol. The molecule has 6 nitrogen and oxygen atoms in total. The highest BCUT2D eigenvalue weighted by Gasteiger charge is 2.23. The van der Waals surface area contributed by atoms with Gasteiger partial charge in [-0.15, -0.1) is 16.8 Å². The number of carbonyl (C=O) groups is 2. The first-order valence-electron chi connectivity index (χ1n) is 8.33. The number of nitrogens with one attached hydrogen (secondary N) is 2. The van der Waals surface area contributed by atoms with Crippen molar-refractivity contribution in [1.82, 2.24) is 15.5 Å². The summed E-state index contributed by atoms with van der Waals surface area (Å²) in [4.78, 5) is 25.1. The minimum Gasteiger partial charge on any atom is -0.340 e. The Kier molecular flexibility index (Phi) is 8.27. The quantitative estimate of drug-likeness (QED) is 0.357. The predicted molar refractivity (Wildman–Crippen MR) is 112 cm³/mol. The normalized spacial score (nSPS) is 11.9. The molecular formula is C18H21ClN4O2S2. The van der Waals surface area contributed by atoms with Gasteiger partial charge in [0.1, 0.15) is 6.04 Å². The van der Waals surface area contributed by atoms with Gasteiger partial charge < -0.3 is 5.32 Å². The number of thioether (sulfide) groups is 1. The fourth-order valence-corrected chi connectivity index (χ4v) is 3.83. The lowest BCUT2D eigenvalue weighted by Gasteiger charge is -2.19. The molecule has 0 spiro atoms. The zero-order valence-corrected chi connectivity index (χ0v) is 17.5. The fraction of sp³-hybridized carbons (Fsp3) is 0.333. The summed E-state index contributed by atoms with van der Waals surface area (Å²) >= 11 is 8.63. The summed E-state index contributed by atoms with van der Waals surface area (Å²) in [5.41, 5.74) is 0.444. The van der Waals surface area contributed by atoms with Crippen molar-refractivity contribution in [2.24, 2.45) is 5.92 Å². The monoisotopic (exact) mass is 424 g/mol. The first-order valence-corrected chi connectivity index (χ1v) is 10.5. The standard InChI is InChI=1S/C18H21ClN4O2S2/c1-4-9-26-18-23-22-17(27-18)21-16(25)14(10-11(2)3)20-15(24)12-5-7-13(19)8-6-12/h4-8,11,14H,1,9-10H2,2-3H3,(H,20,24)(H,21,22,25). The van der Waals surface area contributed by atoms with E-state index in [9.17, 15) is 9.59 Å². The van der Waals surface area contributed by atoms with E-state index >= 15 is 0 Å². The van der Waals surface area contributed by atoms with E-state index in [-0.39, 0.29) is 17.7 Å². The number of hydrogen-bond acceptors (Lipinski definition) is 6. The smallest absolute Gasteiger partial charge is 0.251 e. The molecule has 1 atom stereocenters. The van der Waals surface area contributed by atoms with Gasteiger partial charge in [0.2, 0.25) is 11.0 Å². The van der Waals surface area contributed by atoms with Crippen LogP contribution < -0.4 is 10.6 Å². The van der Waals surface area contributed by atoms with Crippen LogP contribution in [0.2, 0.25) is 5.02 Å². The lowest BCUT2D eigenvalue weighted by molar-refractivity contribution is -0.118. The van der Waals surface area contributed by atoms with Gasteiger partial charge in [0, 0.05) is 16.3 Å². The molecule has 1 heterocycles. The van der Waals surface area contributed by atoms with E-state index in [1.807, 2.05) is 13.8 Å². The zero-order valence-electron chi connectivity index (χ0n) is 15.1. The van der Waals surface area contributed by atoms with Crippen LogP contribution in [0.3, 0.4) is 0 Å². The van der Waals surface area contributed by atoms with Crippen LogP contribution in [0.4, 0.5) is 5.13 Å². The van der Waals surface area contributed by atoms with Crippen LogP contribution in [-0.2, 0) is 4.79 Å². The Morgan fingerprint density at radius 1 is 1.30 bits per heavy atom. The molecule has 0 saturated carbocycles. The summed E-state index contributed by atoms with van der Waals surface area (Å²) < 4.78 is 0.746. The molecule has 9 heteroatoms. The van der Waals surface area contributed by atoms with E-state index in [0.717, 1.165) is 10.1 Å². The molecule has 2 amide bonds. The highest BCUT2D eigenvalue weighted by Crippen LogP contribution is 2.25. The molecule has 0 radical (unpaired) electrons. The van der Waals surface area contributed by atoms with E-state index in [2.05, 4.69) is 27.4 Å². The third kappa shape index (κ3) is 6.97. The van der Waals surface area contributed by atoms with Crippen molar-refractivity contribution in [2.75, 3.05) is 11.1 Å². The van der Waals surface area contributed by atoms with Crippen molar-refractivity contribution >= 4 is 51.6 Å². The molecule has 0 aliphatic heterocycles. The van der Waals surface area contributed by atoms with Crippen LogP contribution in [0.5, 0.6) is 0 Å². The van der Waals surface area contributed by atoms with E-state index in [0.29, 0.717) is 22.1 Å². The Labute approximate surface area is 171 Å². The summed E-state index contributed by atoms with van der Waals surface area (Å²) in [6, 6.07) is 5.84. The lowest BCUT2D eigenvalue weighted by Crippen LogP contribution is -2.44. The summed E-state index contributed by atoms with van der Waals surface area (Å²) in [7, 11) is 0. The number of halogens is 1. The minimum atomic E-state index is -0.679. The Morgan fingerprint density at radius 2 is 2.00 bits per heavy atom. The maximum Gasteiger partial charge on any atom is 0.251 e. The minimum absolute atomic E-state index is 0.222. The fourth-order valence-electron chi connectivity index (χ4n) is 2.19. The second-order valence-corrected chi connectivity index (χ2v) is 8.81. The van der Waals surface area contributed by atoms with E-state index < -0.39 is 6.04 Å². The van der Waals surface area contributed by atoms with Crippen molar-refractivity contribution in [2.45, 2.75) is 30.6 Å². The molecule has 1 aromatic carbocycles. The van der Waals surface area contributed by atoms with Gasteiger partial charge >= 0.3 is 0 Å². The van der Waals surface area contributed by atoms with E-state index in [1.54, 1.807) is 30.3 Å². The van der Waals surface area contributed by atoms with Crippen LogP contribution in [0.25, 0.3) is 0 Å². The van der Waals surface area contributed by atoms with Gasteiger partial charge in [-0.05, 0) is 36.6 Å². The summed E-state index contributed by atoms with van der Waals surface area (Å²) in [5.74, 6) is 0.296. The molecule has 2 N–H and O–H groups in total. The third-order valence-corrected chi connectivity index (χ3v) is 5.62. The molecule has 2 rings (SSSR count). The zero-order chi connectivity index (χ0) is 19.8. The molecule has 0 aliphatic rings. The van der Waals surface area contributed by atoms with Crippen LogP contribution >= 0.6 is 34.7 Å². The number of aromatic nitrogens is 2. The van der Waals surface area contributed by atoms with Gasteiger partial charge in [-0.2, -0.15) is 0 Å². The lowest BCUT2D eigenvalue weighted by atomic mass is 10.0. The third-order valence-electron chi connectivity index (χ3n) is 3.40. The largest absolute Gasteiger partial charge is 0.340 e. The number of amides is 2. The van der Waals surface area contributed by atoms with Crippen LogP contribution in [0, 0.1) is 5.92 Å². The molecule has 2 aromatic rings. The number of anilines is 1. The number of hydrogen-bond donors (Lipinski definition) is 2. The highest BCUT2D eigenvalue weighted by atomic mass is 35.5. The second kappa shape index (κ2) is 10.4. The predicted octanol–water partition coefficient (Wildman–Crippen LogP) is 4.25. The molecule has 0 fully saturated rings. The van der Waals surface area contributed by atoms with Crippen molar-refractivity contribution in [3.05, 3.63) is 47.5 Å². The Hall–Kier alpha value is -1.90. The first kappa shape index (κ1) is 21.4. The van der Waals surface area contributed by atoms with Gasteiger partial charge in [0.15, 0.2) is 4.34 Å². The van der Waals surface area contributed by atoms with Crippen molar-refractivity contribution in [3.63, 3.8) is 0 Å². The SMILES string of the molecule is C=CCSc1nnc(NC(=O)C(CC(C)C)NC(=O)c2ccc(Cl)cc2)s1. The molecule has 27 heavy (non-hydrogen) atoms. The first-order chi connectivity index (χ1) is 12.9. The molecule has 0 saturated heterocycles. The maximum atomic E-state index is 12.7. The Morgan fingerprint density at radius 3 is 2.63 bits per heavy atom. The molecule has 1 unspecified atom stereocenters. The topological polar surface area (TPSA) is 84.0 Å². The number of rotatable bonds is 9. The molecule has 144 valence electrons. The van der Waals surface area contributed by atoms with Gasteiger partial charge in [-0.25, -0.2) is 0 Å². The maximum absolute atomic E-state index is 12.7. The van der Waals surface area contributed by atoms with Gasteiger partial charge in [0.05, 0.1) is 0 Å². The summed E-state index contributed by atoms with van der Waals surface area (Å²) in [6.07, 6.45) is 2.28. The van der Waals surface area contributed by atoms with E-state index in [1.165, 1.54) is 23.1 Å². The van der Waals surface area contributed by atoms with E-state index in [4.69, 9.17) is 11.6 Å². The Balaban J connectivity index is 2.04. The number of carbonyl (C=O) groups excluding carboxylic acids is 2. The van der Waals surface area contributed by atoms with Crippen LogP contribution in [0.1, 0.15) is 30.6 Å². The van der Waals surface area contributed by atoms with Crippen LogP contribution in [0.15, 0.2) is 41.3 Å². The Bertz CT molecular complexity index is 793. The highest BCUT2D eigenvalue weighted by molar-refractivity contribution is 8.01.